The monoisotopic (exact) mass is 507 g/mol. The van der Waals surface area contributed by atoms with Gasteiger partial charge in [-0.2, -0.15) is 13.2 Å². The highest BCUT2D eigenvalue weighted by Gasteiger charge is 2.33. The number of hydrogen-bond acceptors (Lipinski definition) is 6. The van der Waals surface area contributed by atoms with Crippen molar-refractivity contribution in [3.63, 3.8) is 0 Å². The zero-order valence-electron chi connectivity index (χ0n) is 19.6. The molecule has 0 aliphatic heterocycles. The van der Waals surface area contributed by atoms with Crippen molar-refractivity contribution in [3.05, 3.63) is 53.2 Å². The van der Waals surface area contributed by atoms with E-state index in [2.05, 4.69) is 21.5 Å². The fourth-order valence-electron chi connectivity index (χ4n) is 2.74. The Balaban J connectivity index is 2.24. The van der Waals surface area contributed by atoms with Gasteiger partial charge < -0.3 is 25.2 Å². The molecule has 192 valence electrons. The number of hydrogen-bond donors (Lipinski definition) is 3. The zero-order chi connectivity index (χ0) is 27.1. The lowest BCUT2D eigenvalue weighted by molar-refractivity contribution is -0.141. The highest BCUT2D eigenvalue weighted by Crippen LogP contribution is 2.31. The number of pyridine rings is 1. The Morgan fingerprint density at radius 3 is 2.44 bits per heavy atom. The molecule has 2 amide bonds. The van der Waals surface area contributed by atoms with E-state index < -0.39 is 53.8 Å². The third-order valence-electron chi connectivity index (χ3n) is 4.19. The second-order valence-corrected chi connectivity index (χ2v) is 8.47. The van der Waals surface area contributed by atoms with Crippen LogP contribution >= 0.6 is 0 Å². The summed E-state index contributed by atoms with van der Waals surface area (Å²) in [6.45, 7) is 4.62. The van der Waals surface area contributed by atoms with Crippen LogP contribution in [-0.4, -0.2) is 39.7 Å². The second kappa shape index (κ2) is 11.4. The minimum atomic E-state index is -4.80. The maximum absolute atomic E-state index is 13.4. The summed E-state index contributed by atoms with van der Waals surface area (Å²) in [5.41, 5.74) is -1.98. The Morgan fingerprint density at radius 2 is 1.86 bits per heavy atom. The lowest BCUT2D eigenvalue weighted by Crippen LogP contribution is -2.35. The van der Waals surface area contributed by atoms with Gasteiger partial charge in [0.25, 0.3) is 5.91 Å². The van der Waals surface area contributed by atoms with Gasteiger partial charge in [0.15, 0.2) is 0 Å². The molecule has 36 heavy (non-hydrogen) atoms. The van der Waals surface area contributed by atoms with Gasteiger partial charge in [-0.25, -0.2) is 9.78 Å². The third kappa shape index (κ3) is 9.17. The van der Waals surface area contributed by atoms with Crippen molar-refractivity contribution in [3.8, 4) is 24.0 Å². The van der Waals surface area contributed by atoms with Gasteiger partial charge in [0.2, 0.25) is 5.88 Å². The molecule has 0 aliphatic rings. The maximum Gasteiger partial charge on any atom is 0.433 e. The van der Waals surface area contributed by atoms with Crippen molar-refractivity contribution in [2.24, 2.45) is 0 Å². The Kier molecular flexibility index (Phi) is 8.89. The molecule has 0 radical (unpaired) electrons. The van der Waals surface area contributed by atoms with Crippen molar-refractivity contribution in [2.75, 3.05) is 0 Å². The molecule has 1 atom stereocenters. The molecule has 3 N–H and O–H groups in total. The molecule has 2 aromatic rings. The van der Waals surface area contributed by atoms with Gasteiger partial charge in [0.1, 0.15) is 23.1 Å². The number of terminal acetylenes is 1. The number of alkyl halides is 3. The molecule has 1 heterocycles. The molecule has 0 unspecified atom stereocenters. The number of rotatable bonds is 8. The number of carboxylic acid groups (broad SMARTS) is 1. The number of halogens is 3. The first kappa shape index (κ1) is 28.0. The van der Waals surface area contributed by atoms with Crippen LogP contribution in [0.2, 0.25) is 0 Å². The van der Waals surface area contributed by atoms with E-state index in [4.69, 9.17) is 21.0 Å². The molecule has 0 fully saturated rings. The average molecular weight is 507 g/mol. The van der Waals surface area contributed by atoms with Crippen molar-refractivity contribution < 1.29 is 42.1 Å². The largest absolute Gasteiger partial charge is 0.481 e. The number of aromatic nitrogens is 1. The number of carbonyl (C=O) groups is 3. The number of amides is 2. The molecule has 12 heteroatoms. The lowest BCUT2D eigenvalue weighted by atomic mass is 10.1. The highest BCUT2D eigenvalue weighted by atomic mass is 19.4. The molecular formula is C24H24F3N3O6. The van der Waals surface area contributed by atoms with E-state index in [-0.39, 0.29) is 23.4 Å². The Labute approximate surface area is 205 Å². The van der Waals surface area contributed by atoms with E-state index >= 15 is 0 Å². The van der Waals surface area contributed by atoms with Crippen molar-refractivity contribution in [2.45, 2.75) is 51.6 Å². The first-order valence-electron chi connectivity index (χ1n) is 10.5. The van der Waals surface area contributed by atoms with Crippen molar-refractivity contribution >= 4 is 18.0 Å². The molecule has 1 aromatic carbocycles. The van der Waals surface area contributed by atoms with E-state index in [9.17, 15) is 27.6 Å². The van der Waals surface area contributed by atoms with Crippen LogP contribution in [0.4, 0.5) is 18.0 Å². The normalized spacial score (nSPS) is 12.1. The topological polar surface area (TPSA) is 127 Å². The molecule has 0 spiro atoms. The maximum atomic E-state index is 13.4. The first-order valence-corrected chi connectivity index (χ1v) is 10.5. The van der Waals surface area contributed by atoms with E-state index in [0.29, 0.717) is 0 Å². The molecule has 0 saturated carbocycles. The summed E-state index contributed by atoms with van der Waals surface area (Å²) >= 11 is 0. The lowest BCUT2D eigenvalue weighted by Gasteiger charge is -2.20. The predicted molar refractivity (Wildman–Crippen MR) is 121 cm³/mol. The van der Waals surface area contributed by atoms with E-state index in [1.54, 1.807) is 20.8 Å². The summed E-state index contributed by atoms with van der Waals surface area (Å²) in [5.74, 6) is -0.215. The van der Waals surface area contributed by atoms with Gasteiger partial charge in [-0.1, -0.05) is 12.0 Å². The van der Waals surface area contributed by atoms with Crippen LogP contribution in [-0.2, 0) is 22.3 Å². The Bertz CT molecular complexity index is 1170. The number of benzene rings is 1. The summed E-state index contributed by atoms with van der Waals surface area (Å²) in [4.78, 5) is 38.6. The van der Waals surface area contributed by atoms with Crippen molar-refractivity contribution in [1.82, 2.24) is 15.6 Å². The number of ether oxygens (including phenoxy) is 2. The molecule has 0 aliphatic carbocycles. The average Bonchev–Trinajstić information content (AvgIpc) is 2.75. The van der Waals surface area contributed by atoms with Gasteiger partial charge in [0, 0.05) is 18.2 Å². The van der Waals surface area contributed by atoms with Crippen LogP contribution in [0.5, 0.6) is 11.6 Å². The summed E-state index contributed by atoms with van der Waals surface area (Å²) in [7, 11) is 0. The van der Waals surface area contributed by atoms with E-state index in [0.717, 1.165) is 6.07 Å². The predicted octanol–water partition coefficient (Wildman–Crippen LogP) is 4.12. The number of nitrogens with zero attached hydrogens (tertiary/aromatic N) is 1. The number of carboxylic acids is 1. The smallest absolute Gasteiger partial charge is 0.433 e. The summed E-state index contributed by atoms with van der Waals surface area (Å²) in [5, 5.41) is 13.6. The molecule has 2 rings (SSSR count). The molecule has 0 bridgehead atoms. The van der Waals surface area contributed by atoms with Crippen LogP contribution in [0.15, 0.2) is 36.4 Å². The third-order valence-corrected chi connectivity index (χ3v) is 4.19. The first-order chi connectivity index (χ1) is 16.7. The van der Waals surface area contributed by atoms with Gasteiger partial charge in [-0.3, -0.25) is 9.59 Å². The second-order valence-electron chi connectivity index (χ2n) is 8.47. The summed E-state index contributed by atoms with van der Waals surface area (Å²) < 4.78 is 50.7. The molecule has 1 aromatic heterocycles. The molecule has 9 nitrogen and oxygen atoms in total. The summed E-state index contributed by atoms with van der Waals surface area (Å²) in [6.07, 6.45) is -0.877. The van der Waals surface area contributed by atoms with Crippen LogP contribution in [0, 0.1) is 12.3 Å². The number of alkyl carbamates (subject to hydrolysis) is 1. The zero-order valence-corrected chi connectivity index (χ0v) is 19.6. The number of nitrogens with one attached hydrogen (secondary N) is 2. The van der Waals surface area contributed by atoms with Crippen LogP contribution < -0.4 is 15.4 Å². The van der Waals surface area contributed by atoms with Crippen molar-refractivity contribution in [1.29, 1.82) is 0 Å². The Hall–Kier alpha value is -4.27. The fraction of sp³-hybridized carbons (Fsp3) is 0.333. The van der Waals surface area contributed by atoms with Gasteiger partial charge >= 0.3 is 18.2 Å². The van der Waals surface area contributed by atoms with E-state index in [1.165, 1.54) is 30.3 Å². The Morgan fingerprint density at radius 1 is 1.17 bits per heavy atom. The minimum absolute atomic E-state index is 0.0176. The van der Waals surface area contributed by atoms with Crippen LogP contribution in [0.25, 0.3) is 0 Å². The van der Waals surface area contributed by atoms with Gasteiger partial charge in [0.05, 0.1) is 6.42 Å². The summed E-state index contributed by atoms with van der Waals surface area (Å²) in [6, 6.07) is 6.29. The molecule has 0 saturated heterocycles. The van der Waals surface area contributed by atoms with Gasteiger partial charge in [-0.15, -0.1) is 6.42 Å². The number of aliphatic carboxylic acids is 1. The molecular weight excluding hydrogens is 483 g/mol. The SMILES string of the molecule is C#C[C@H](CC(=O)O)NC(=O)c1cccc(Oc2cc(CNC(=O)OC(C)(C)C)cc(C(F)(F)F)n2)c1. The van der Waals surface area contributed by atoms with E-state index in [1.807, 2.05) is 0 Å². The van der Waals surface area contributed by atoms with Crippen LogP contribution in [0.1, 0.15) is 48.8 Å². The van der Waals surface area contributed by atoms with Crippen LogP contribution in [0.3, 0.4) is 0 Å². The standard InChI is InChI=1S/C24H24F3N3O6/c1-5-16(12-20(31)32)29-21(33)15-7-6-8-17(11-15)35-19-10-14(9-18(30-19)24(25,26)27)13-28-22(34)36-23(2,3)4/h1,6-11,16H,12-13H2,2-4H3,(H,28,34)(H,29,33)(H,31,32)/t16-/m1/s1. The quantitative estimate of drug-likeness (QED) is 0.459. The fourth-order valence-corrected chi connectivity index (χ4v) is 2.74. The minimum Gasteiger partial charge on any atom is -0.481 e. The highest BCUT2D eigenvalue weighted by molar-refractivity contribution is 5.95. The number of carbonyl (C=O) groups excluding carboxylic acids is 2. The van der Waals surface area contributed by atoms with Gasteiger partial charge in [-0.05, 0) is 50.6 Å².